The van der Waals surface area contributed by atoms with Crippen LogP contribution < -0.4 is 0 Å². The number of rotatable bonds is 4. The van der Waals surface area contributed by atoms with E-state index in [1.54, 1.807) is 0 Å². The van der Waals surface area contributed by atoms with Crippen LogP contribution in [0.15, 0.2) is 24.3 Å². The number of benzene rings is 1. The van der Waals surface area contributed by atoms with E-state index in [0.29, 0.717) is 5.92 Å². The van der Waals surface area contributed by atoms with Crippen LogP contribution in [0.25, 0.3) is 0 Å². The van der Waals surface area contributed by atoms with Gasteiger partial charge in [0.2, 0.25) is 0 Å². The molecule has 0 aromatic heterocycles. The van der Waals surface area contributed by atoms with E-state index >= 15 is 0 Å². The molecule has 0 saturated heterocycles. The van der Waals surface area contributed by atoms with Crippen LogP contribution in [0.2, 0.25) is 0 Å². The van der Waals surface area contributed by atoms with E-state index in [4.69, 9.17) is 0 Å². The van der Waals surface area contributed by atoms with Gasteiger partial charge in [-0.15, -0.1) is 0 Å². The average molecular weight is 260 g/mol. The highest BCUT2D eigenvalue weighted by Crippen LogP contribution is 2.39. The summed E-state index contributed by atoms with van der Waals surface area (Å²) in [5, 5.41) is 10.6. The SMILES string of the molecule is CCc1cccc(C(O)C2CCC(C(C)C)CC2)c1. The summed E-state index contributed by atoms with van der Waals surface area (Å²) < 4.78 is 0. The summed E-state index contributed by atoms with van der Waals surface area (Å²) in [5.41, 5.74) is 2.44. The first-order valence-corrected chi connectivity index (χ1v) is 7.88. The van der Waals surface area contributed by atoms with Crippen molar-refractivity contribution in [2.75, 3.05) is 0 Å². The molecule has 0 amide bonds. The van der Waals surface area contributed by atoms with Gasteiger partial charge >= 0.3 is 0 Å². The summed E-state index contributed by atoms with van der Waals surface area (Å²) in [5.74, 6) is 2.12. The third-order valence-corrected chi connectivity index (χ3v) is 4.91. The second-order valence-electron chi connectivity index (χ2n) is 6.46. The Bertz CT molecular complexity index is 388. The first-order chi connectivity index (χ1) is 9.11. The molecule has 1 N–H and O–H groups in total. The highest BCUT2D eigenvalue weighted by atomic mass is 16.3. The van der Waals surface area contributed by atoms with Crippen LogP contribution >= 0.6 is 0 Å². The van der Waals surface area contributed by atoms with Crippen LogP contribution in [0.5, 0.6) is 0 Å². The molecule has 1 saturated carbocycles. The molecule has 1 atom stereocenters. The molecule has 19 heavy (non-hydrogen) atoms. The summed E-state index contributed by atoms with van der Waals surface area (Å²) in [7, 11) is 0. The average Bonchev–Trinajstić information content (AvgIpc) is 2.46. The van der Waals surface area contributed by atoms with E-state index in [1.165, 1.54) is 31.2 Å². The van der Waals surface area contributed by atoms with Gasteiger partial charge in [-0.3, -0.25) is 0 Å². The molecule has 106 valence electrons. The number of aliphatic hydroxyl groups is 1. The van der Waals surface area contributed by atoms with Gasteiger partial charge in [-0.25, -0.2) is 0 Å². The van der Waals surface area contributed by atoms with Crippen LogP contribution in [0, 0.1) is 17.8 Å². The number of aryl methyl sites for hydroxylation is 1. The Labute approximate surface area is 118 Å². The quantitative estimate of drug-likeness (QED) is 0.828. The topological polar surface area (TPSA) is 20.2 Å². The molecule has 0 radical (unpaired) electrons. The Hall–Kier alpha value is -0.820. The van der Waals surface area contributed by atoms with Gasteiger partial charge in [-0.1, -0.05) is 45.0 Å². The van der Waals surface area contributed by atoms with E-state index in [0.717, 1.165) is 23.8 Å². The molecule has 0 spiro atoms. The fraction of sp³-hybridized carbons (Fsp3) is 0.667. The monoisotopic (exact) mass is 260 g/mol. The summed E-state index contributed by atoms with van der Waals surface area (Å²) in [6.07, 6.45) is 5.71. The van der Waals surface area contributed by atoms with Gasteiger partial charge < -0.3 is 5.11 Å². The van der Waals surface area contributed by atoms with Crippen molar-refractivity contribution in [3.8, 4) is 0 Å². The van der Waals surface area contributed by atoms with Gasteiger partial charge in [0.15, 0.2) is 0 Å². The lowest BCUT2D eigenvalue weighted by atomic mass is 9.74. The van der Waals surface area contributed by atoms with E-state index < -0.39 is 0 Å². The molecule has 1 heteroatoms. The van der Waals surface area contributed by atoms with E-state index in [-0.39, 0.29) is 6.10 Å². The van der Waals surface area contributed by atoms with E-state index in [1.807, 2.05) is 0 Å². The minimum absolute atomic E-state index is 0.264. The molecule has 1 aromatic carbocycles. The van der Waals surface area contributed by atoms with Crippen molar-refractivity contribution in [2.24, 2.45) is 17.8 Å². The number of hydrogen-bond acceptors (Lipinski definition) is 1. The fourth-order valence-corrected chi connectivity index (χ4v) is 3.40. The normalized spacial score (nSPS) is 25.5. The van der Waals surface area contributed by atoms with Gasteiger partial charge in [0.05, 0.1) is 6.10 Å². The number of aliphatic hydroxyl groups excluding tert-OH is 1. The summed E-state index contributed by atoms with van der Waals surface area (Å²) in [6, 6.07) is 8.49. The summed E-state index contributed by atoms with van der Waals surface area (Å²) >= 11 is 0. The first kappa shape index (κ1) is 14.6. The lowest BCUT2D eigenvalue weighted by Gasteiger charge is -2.33. The maximum Gasteiger partial charge on any atom is 0.0818 e. The van der Waals surface area contributed by atoms with Gasteiger partial charge in [0.1, 0.15) is 0 Å². The van der Waals surface area contributed by atoms with Crippen molar-refractivity contribution in [1.29, 1.82) is 0 Å². The summed E-state index contributed by atoms with van der Waals surface area (Å²) in [4.78, 5) is 0. The van der Waals surface area contributed by atoms with Crippen LogP contribution in [0.3, 0.4) is 0 Å². The second-order valence-corrected chi connectivity index (χ2v) is 6.46. The Morgan fingerprint density at radius 3 is 2.32 bits per heavy atom. The molecule has 1 nitrogen and oxygen atoms in total. The first-order valence-electron chi connectivity index (χ1n) is 7.88. The van der Waals surface area contributed by atoms with Crippen molar-refractivity contribution in [2.45, 2.75) is 59.0 Å². The standard InChI is InChI=1S/C18H28O/c1-4-14-6-5-7-17(12-14)18(19)16-10-8-15(9-11-16)13(2)3/h5-7,12-13,15-16,18-19H,4,8-11H2,1-3H3. The van der Waals surface area contributed by atoms with Crippen LogP contribution in [-0.4, -0.2) is 5.11 Å². The second kappa shape index (κ2) is 6.56. The predicted molar refractivity (Wildman–Crippen MR) is 81.1 cm³/mol. The van der Waals surface area contributed by atoms with Crippen LogP contribution in [0.4, 0.5) is 0 Å². The lowest BCUT2D eigenvalue weighted by Crippen LogP contribution is -2.23. The molecule has 0 aliphatic heterocycles. The molecule has 1 unspecified atom stereocenters. The highest BCUT2D eigenvalue weighted by Gasteiger charge is 2.28. The maximum atomic E-state index is 10.6. The Balaban J connectivity index is 1.98. The summed E-state index contributed by atoms with van der Waals surface area (Å²) in [6.45, 7) is 6.82. The molecule has 0 heterocycles. The largest absolute Gasteiger partial charge is 0.388 e. The highest BCUT2D eigenvalue weighted by molar-refractivity contribution is 5.25. The van der Waals surface area contributed by atoms with Crippen LogP contribution in [0.1, 0.15) is 63.7 Å². The Kier molecular flexibility index (Phi) is 5.04. The van der Waals surface area contributed by atoms with Gasteiger partial charge in [0.25, 0.3) is 0 Å². The minimum Gasteiger partial charge on any atom is -0.388 e. The maximum absolute atomic E-state index is 10.6. The van der Waals surface area contributed by atoms with Crippen molar-refractivity contribution >= 4 is 0 Å². The van der Waals surface area contributed by atoms with Crippen LogP contribution in [-0.2, 0) is 6.42 Å². The third-order valence-electron chi connectivity index (χ3n) is 4.91. The smallest absolute Gasteiger partial charge is 0.0818 e. The molecule has 1 aliphatic carbocycles. The molecule has 1 fully saturated rings. The van der Waals surface area contributed by atoms with Crippen molar-refractivity contribution in [3.63, 3.8) is 0 Å². The zero-order valence-corrected chi connectivity index (χ0v) is 12.6. The van der Waals surface area contributed by atoms with Crippen molar-refractivity contribution in [1.82, 2.24) is 0 Å². The molecule has 1 aliphatic rings. The molecule has 0 bridgehead atoms. The zero-order valence-electron chi connectivity index (χ0n) is 12.6. The lowest BCUT2D eigenvalue weighted by molar-refractivity contribution is 0.0667. The molecule has 2 rings (SSSR count). The molecular formula is C18H28O. The van der Waals surface area contributed by atoms with Gasteiger partial charge in [-0.05, 0) is 61.0 Å². The Morgan fingerprint density at radius 2 is 1.74 bits per heavy atom. The van der Waals surface area contributed by atoms with Crippen molar-refractivity contribution in [3.05, 3.63) is 35.4 Å². The molecular weight excluding hydrogens is 232 g/mol. The zero-order chi connectivity index (χ0) is 13.8. The fourth-order valence-electron chi connectivity index (χ4n) is 3.40. The number of hydrogen-bond donors (Lipinski definition) is 1. The molecule has 1 aromatic rings. The third kappa shape index (κ3) is 3.60. The van der Waals surface area contributed by atoms with E-state index in [9.17, 15) is 5.11 Å². The Morgan fingerprint density at radius 1 is 1.11 bits per heavy atom. The van der Waals surface area contributed by atoms with Gasteiger partial charge in [-0.2, -0.15) is 0 Å². The van der Waals surface area contributed by atoms with Gasteiger partial charge in [0, 0.05) is 0 Å². The van der Waals surface area contributed by atoms with E-state index in [2.05, 4.69) is 45.0 Å². The predicted octanol–water partition coefficient (Wildman–Crippen LogP) is 4.74. The minimum atomic E-state index is -0.264. The van der Waals surface area contributed by atoms with Crippen molar-refractivity contribution < 1.29 is 5.11 Å².